The van der Waals surface area contributed by atoms with E-state index in [1.54, 1.807) is 18.2 Å². The van der Waals surface area contributed by atoms with Crippen molar-refractivity contribution in [1.82, 2.24) is 0 Å². The van der Waals surface area contributed by atoms with Gasteiger partial charge in [-0.25, -0.2) is 13.8 Å². The molecule has 1 aliphatic heterocycles. The Kier molecular flexibility index (Phi) is 6.24. The molecule has 0 aliphatic carbocycles. The smallest absolute Gasteiger partial charge is 0.412 e. The van der Waals surface area contributed by atoms with Gasteiger partial charge < -0.3 is 9.47 Å². The highest BCUT2D eigenvalue weighted by molar-refractivity contribution is 9.10. The summed E-state index contributed by atoms with van der Waals surface area (Å²) in [5.41, 5.74) is 1.86. The molecule has 6 nitrogen and oxygen atoms in total. The van der Waals surface area contributed by atoms with Gasteiger partial charge in [-0.3, -0.25) is 5.32 Å². The number of cyclic esters (lactones) is 1. The zero-order chi connectivity index (χ0) is 21.2. The molecule has 156 valence electrons. The van der Waals surface area contributed by atoms with Crippen LogP contribution in [0, 0.1) is 11.7 Å². The highest BCUT2D eigenvalue weighted by atomic mass is 79.9. The maximum Gasteiger partial charge on any atom is 0.412 e. The average molecular weight is 481 g/mol. The summed E-state index contributed by atoms with van der Waals surface area (Å²) in [6, 6.07) is 11.0. The topological polar surface area (TPSA) is 88.5 Å². The molecule has 0 saturated carbocycles. The number of fused-ring (bicyclic) bond motifs is 1. The molecule has 1 aliphatic rings. The summed E-state index contributed by atoms with van der Waals surface area (Å²) in [7, 11) is -2.78. The van der Waals surface area contributed by atoms with Crippen molar-refractivity contribution >= 4 is 37.4 Å². The van der Waals surface area contributed by atoms with Gasteiger partial charge in [-0.1, -0.05) is 17.7 Å². The van der Waals surface area contributed by atoms with E-state index in [2.05, 4.69) is 21.2 Å². The molecular formula is C21H25BrN2O4S. The highest BCUT2D eigenvalue weighted by Gasteiger charge is 2.34. The van der Waals surface area contributed by atoms with Gasteiger partial charge in [-0.05, 0) is 73.8 Å². The Balaban J connectivity index is 1.57. The van der Waals surface area contributed by atoms with Crippen molar-refractivity contribution in [1.29, 1.82) is 4.78 Å². The summed E-state index contributed by atoms with van der Waals surface area (Å²) < 4.78 is 32.8. The number of hydrogen-bond donors (Lipinski definition) is 2. The van der Waals surface area contributed by atoms with Crippen molar-refractivity contribution in [3.05, 3.63) is 52.0 Å². The molecule has 8 heteroatoms. The summed E-state index contributed by atoms with van der Waals surface area (Å²) in [4.78, 5) is 12.2. The normalized spacial score (nSPS) is 16.9. The Bertz CT molecular complexity index is 1020. The van der Waals surface area contributed by atoms with Crippen molar-refractivity contribution in [3.63, 3.8) is 0 Å². The van der Waals surface area contributed by atoms with Crippen LogP contribution in [0.5, 0.6) is 5.75 Å². The molecule has 0 saturated heterocycles. The number of unbranched alkanes of at least 4 members (excludes halogenated alkanes) is 1. The Labute approximate surface area is 180 Å². The Morgan fingerprint density at radius 3 is 2.59 bits per heavy atom. The van der Waals surface area contributed by atoms with Crippen LogP contribution in [-0.2, 0) is 20.1 Å². The van der Waals surface area contributed by atoms with Gasteiger partial charge in [0, 0.05) is 16.2 Å². The SMILES string of the molecule is Cc1ccc(S(=N)(=O)CCCCOc2cc3c(cc2Br)NC(=O)OC3(C)C)cc1. The minimum atomic E-state index is -2.78. The van der Waals surface area contributed by atoms with Gasteiger partial charge >= 0.3 is 6.09 Å². The van der Waals surface area contributed by atoms with Gasteiger partial charge in [0.2, 0.25) is 0 Å². The van der Waals surface area contributed by atoms with Gasteiger partial charge in [-0.2, -0.15) is 0 Å². The minimum Gasteiger partial charge on any atom is -0.492 e. The monoisotopic (exact) mass is 480 g/mol. The fourth-order valence-electron chi connectivity index (χ4n) is 3.15. The first-order valence-electron chi connectivity index (χ1n) is 9.38. The number of anilines is 1. The van der Waals surface area contributed by atoms with Crippen LogP contribution < -0.4 is 10.1 Å². The number of hydrogen-bond acceptors (Lipinski definition) is 5. The number of amides is 1. The molecule has 2 aromatic carbocycles. The van der Waals surface area contributed by atoms with E-state index >= 15 is 0 Å². The van der Waals surface area contributed by atoms with E-state index in [1.807, 2.05) is 39.0 Å². The first-order chi connectivity index (χ1) is 13.6. The van der Waals surface area contributed by atoms with E-state index in [1.165, 1.54) is 0 Å². The second-order valence-corrected chi connectivity index (χ2v) is 10.7. The first kappa shape index (κ1) is 21.6. The second kappa shape index (κ2) is 8.36. The zero-order valence-electron chi connectivity index (χ0n) is 16.7. The number of halogens is 1. The van der Waals surface area contributed by atoms with E-state index in [9.17, 15) is 9.00 Å². The van der Waals surface area contributed by atoms with Crippen molar-refractivity contribution < 1.29 is 18.5 Å². The van der Waals surface area contributed by atoms with Gasteiger partial charge in [0.15, 0.2) is 0 Å². The lowest BCUT2D eigenvalue weighted by Gasteiger charge is -2.33. The summed E-state index contributed by atoms with van der Waals surface area (Å²) >= 11 is 3.48. The van der Waals surface area contributed by atoms with E-state index < -0.39 is 21.4 Å². The van der Waals surface area contributed by atoms with Gasteiger partial charge in [0.05, 0.1) is 26.5 Å². The van der Waals surface area contributed by atoms with Crippen LogP contribution in [0.2, 0.25) is 0 Å². The molecule has 3 rings (SSSR count). The van der Waals surface area contributed by atoms with Crippen molar-refractivity contribution in [2.24, 2.45) is 0 Å². The lowest BCUT2D eigenvalue weighted by Crippen LogP contribution is -2.34. The molecule has 0 spiro atoms. The van der Waals surface area contributed by atoms with Gasteiger partial charge in [-0.15, -0.1) is 0 Å². The molecule has 29 heavy (non-hydrogen) atoms. The predicted molar refractivity (Wildman–Crippen MR) is 117 cm³/mol. The molecule has 0 fully saturated rings. The van der Waals surface area contributed by atoms with E-state index in [0.717, 1.165) is 15.6 Å². The third kappa shape index (κ3) is 5.11. The molecule has 2 aromatic rings. The molecule has 1 unspecified atom stereocenters. The molecule has 0 aromatic heterocycles. The molecular weight excluding hydrogens is 456 g/mol. The second-order valence-electron chi connectivity index (χ2n) is 7.60. The summed E-state index contributed by atoms with van der Waals surface area (Å²) in [6.45, 7) is 6.07. The standard InChI is InChI=1S/C21H25BrN2O4S/c1-14-6-8-15(9-7-14)29(23,26)11-5-4-10-27-19-12-16-18(13-17(19)22)24-20(25)28-21(16,2)3/h6-9,12-13,23H,4-5,10-11H2,1-3H3,(H,24,25). The Morgan fingerprint density at radius 2 is 1.90 bits per heavy atom. The van der Waals surface area contributed by atoms with Crippen LogP contribution in [0.25, 0.3) is 0 Å². The van der Waals surface area contributed by atoms with Crippen LogP contribution in [-0.4, -0.2) is 22.7 Å². The summed E-state index contributed by atoms with van der Waals surface area (Å²) in [5.74, 6) is 0.958. The van der Waals surface area contributed by atoms with E-state index in [4.69, 9.17) is 14.3 Å². The molecule has 1 atom stereocenters. The lowest BCUT2D eigenvalue weighted by molar-refractivity contribution is 0.0418. The van der Waals surface area contributed by atoms with Crippen LogP contribution >= 0.6 is 15.9 Å². The Hall–Kier alpha value is -2.06. The molecule has 1 heterocycles. The fourth-order valence-corrected chi connectivity index (χ4v) is 5.03. The highest BCUT2D eigenvalue weighted by Crippen LogP contribution is 2.41. The number of carbonyl (C=O) groups is 1. The Morgan fingerprint density at radius 1 is 1.21 bits per heavy atom. The number of rotatable bonds is 7. The third-order valence-corrected chi connectivity index (χ3v) is 7.31. The first-order valence-corrected chi connectivity index (χ1v) is 11.9. The van der Waals surface area contributed by atoms with Crippen LogP contribution in [0.1, 0.15) is 37.8 Å². The van der Waals surface area contributed by atoms with Crippen molar-refractivity contribution in [3.8, 4) is 5.75 Å². The molecule has 0 radical (unpaired) electrons. The average Bonchev–Trinajstić information content (AvgIpc) is 2.61. The predicted octanol–water partition coefficient (Wildman–Crippen LogP) is 5.82. The maximum absolute atomic E-state index is 12.6. The van der Waals surface area contributed by atoms with Crippen molar-refractivity contribution in [2.75, 3.05) is 17.7 Å². The zero-order valence-corrected chi connectivity index (χ0v) is 19.1. The number of nitrogens with one attached hydrogen (secondary N) is 2. The number of ether oxygens (including phenoxy) is 2. The third-order valence-electron chi connectivity index (χ3n) is 4.79. The van der Waals surface area contributed by atoms with E-state index in [-0.39, 0.29) is 0 Å². The summed E-state index contributed by atoms with van der Waals surface area (Å²) in [5, 5.41) is 2.70. The lowest BCUT2D eigenvalue weighted by atomic mass is 9.94. The van der Waals surface area contributed by atoms with Crippen LogP contribution in [0.3, 0.4) is 0 Å². The number of aryl methyl sites for hydroxylation is 1. The number of benzene rings is 2. The van der Waals surface area contributed by atoms with E-state index in [0.29, 0.717) is 41.5 Å². The quantitative estimate of drug-likeness (QED) is 0.488. The molecule has 1 amide bonds. The van der Waals surface area contributed by atoms with Gasteiger partial charge in [0.1, 0.15) is 11.4 Å². The molecule has 0 bridgehead atoms. The van der Waals surface area contributed by atoms with Gasteiger partial charge in [0.25, 0.3) is 0 Å². The maximum atomic E-state index is 12.6. The molecule has 2 N–H and O–H groups in total. The minimum absolute atomic E-state index is 0.303. The van der Waals surface area contributed by atoms with Crippen LogP contribution in [0.4, 0.5) is 10.5 Å². The largest absolute Gasteiger partial charge is 0.492 e. The van der Waals surface area contributed by atoms with Crippen molar-refractivity contribution in [2.45, 2.75) is 44.1 Å². The fraction of sp³-hybridized carbons (Fsp3) is 0.381. The summed E-state index contributed by atoms with van der Waals surface area (Å²) in [6.07, 6.45) is 0.835. The van der Waals surface area contributed by atoms with Crippen LogP contribution in [0.15, 0.2) is 45.8 Å². The number of carbonyl (C=O) groups excluding carboxylic acids is 1.